The smallest absolute Gasteiger partial charge is 0.270 e. The highest BCUT2D eigenvalue weighted by Crippen LogP contribution is 2.47. The Kier molecular flexibility index (Phi) is 3.90. The lowest BCUT2D eigenvalue weighted by Crippen LogP contribution is -2.49. The van der Waals surface area contributed by atoms with E-state index in [2.05, 4.69) is 28.1 Å². The topological polar surface area (TPSA) is 95.4 Å². The molecule has 26 heavy (non-hydrogen) atoms. The molecule has 0 atom stereocenters. The van der Waals surface area contributed by atoms with E-state index in [1.54, 1.807) is 17.0 Å². The van der Waals surface area contributed by atoms with Crippen LogP contribution in [0.15, 0.2) is 30.3 Å². The standard InChI is InChI=1S/C18H21N5O3/c1-18(5-6-18)15-12-16(20-19-15)21-7-9-22(10-8-21)17(24)13-3-2-4-14(11-13)23(25)26/h2-4,11-12H,5-10H2,1H3,(H,19,20). The Morgan fingerprint density at radius 3 is 2.62 bits per heavy atom. The summed E-state index contributed by atoms with van der Waals surface area (Å²) in [5.41, 5.74) is 1.73. The number of anilines is 1. The van der Waals surface area contributed by atoms with Crippen LogP contribution in [0, 0.1) is 10.1 Å². The lowest BCUT2D eigenvalue weighted by molar-refractivity contribution is -0.384. The quantitative estimate of drug-likeness (QED) is 0.671. The summed E-state index contributed by atoms with van der Waals surface area (Å²) in [6, 6.07) is 8.02. The van der Waals surface area contributed by atoms with Crippen LogP contribution in [0.5, 0.6) is 0 Å². The molecular formula is C18H21N5O3. The molecule has 8 heteroatoms. The van der Waals surface area contributed by atoms with Gasteiger partial charge in [-0.3, -0.25) is 20.0 Å². The van der Waals surface area contributed by atoms with E-state index in [0.29, 0.717) is 31.7 Å². The molecule has 2 heterocycles. The zero-order valence-corrected chi connectivity index (χ0v) is 14.6. The summed E-state index contributed by atoms with van der Waals surface area (Å²) in [6.45, 7) is 4.77. The third-order valence-corrected chi connectivity index (χ3v) is 5.41. The van der Waals surface area contributed by atoms with Gasteiger partial charge in [-0.2, -0.15) is 5.10 Å². The number of piperazine rings is 1. The van der Waals surface area contributed by atoms with Crippen LogP contribution in [0.1, 0.15) is 35.8 Å². The van der Waals surface area contributed by atoms with Crippen molar-refractivity contribution in [3.8, 4) is 0 Å². The van der Waals surface area contributed by atoms with Gasteiger partial charge in [-0.05, 0) is 18.9 Å². The van der Waals surface area contributed by atoms with Crippen LogP contribution in [0.3, 0.4) is 0 Å². The van der Waals surface area contributed by atoms with Crippen LogP contribution in [0.2, 0.25) is 0 Å². The van der Waals surface area contributed by atoms with Crippen molar-refractivity contribution in [3.63, 3.8) is 0 Å². The van der Waals surface area contributed by atoms with Crippen molar-refractivity contribution in [1.82, 2.24) is 15.1 Å². The minimum atomic E-state index is -0.482. The lowest BCUT2D eigenvalue weighted by Gasteiger charge is -2.34. The van der Waals surface area contributed by atoms with E-state index in [-0.39, 0.29) is 17.0 Å². The zero-order chi connectivity index (χ0) is 18.3. The number of benzene rings is 1. The monoisotopic (exact) mass is 355 g/mol. The first kappa shape index (κ1) is 16.6. The molecule has 2 aliphatic rings. The molecule has 1 aliphatic heterocycles. The second kappa shape index (κ2) is 6.12. The summed E-state index contributed by atoms with van der Waals surface area (Å²) < 4.78 is 0. The Hall–Kier alpha value is -2.90. The molecule has 1 aromatic heterocycles. The molecule has 2 aromatic rings. The average molecular weight is 355 g/mol. The maximum Gasteiger partial charge on any atom is 0.270 e. The summed E-state index contributed by atoms with van der Waals surface area (Å²) in [4.78, 5) is 26.9. The number of hydrogen-bond acceptors (Lipinski definition) is 5. The second-order valence-corrected chi connectivity index (χ2v) is 7.29. The first-order valence-electron chi connectivity index (χ1n) is 8.81. The number of nitrogens with zero attached hydrogens (tertiary/aromatic N) is 4. The molecule has 1 aliphatic carbocycles. The van der Waals surface area contributed by atoms with Crippen LogP contribution in [-0.2, 0) is 5.41 Å². The fraction of sp³-hybridized carbons (Fsp3) is 0.444. The van der Waals surface area contributed by atoms with E-state index in [0.717, 1.165) is 5.82 Å². The third-order valence-electron chi connectivity index (χ3n) is 5.41. The average Bonchev–Trinajstić information content (AvgIpc) is 3.21. The molecule has 1 N–H and O–H groups in total. The summed E-state index contributed by atoms with van der Waals surface area (Å²) in [5, 5.41) is 18.5. The van der Waals surface area contributed by atoms with E-state index in [9.17, 15) is 14.9 Å². The van der Waals surface area contributed by atoms with Crippen molar-refractivity contribution in [1.29, 1.82) is 0 Å². The summed E-state index contributed by atoms with van der Waals surface area (Å²) in [7, 11) is 0. The Morgan fingerprint density at radius 1 is 1.23 bits per heavy atom. The molecule has 4 rings (SSSR count). The van der Waals surface area contributed by atoms with Gasteiger partial charge in [0.2, 0.25) is 0 Å². The Labute approximate surface area is 150 Å². The van der Waals surface area contributed by atoms with Gasteiger partial charge in [-0.1, -0.05) is 13.0 Å². The van der Waals surface area contributed by atoms with Crippen LogP contribution in [0.25, 0.3) is 0 Å². The van der Waals surface area contributed by atoms with E-state index in [1.165, 1.54) is 30.7 Å². The highest BCUT2D eigenvalue weighted by atomic mass is 16.6. The first-order valence-corrected chi connectivity index (χ1v) is 8.81. The number of H-pyrrole nitrogens is 1. The lowest BCUT2D eigenvalue weighted by atomic mass is 10.1. The van der Waals surface area contributed by atoms with Crippen molar-refractivity contribution in [2.24, 2.45) is 0 Å². The first-order chi connectivity index (χ1) is 12.5. The fourth-order valence-corrected chi connectivity index (χ4v) is 3.31. The molecule has 0 unspecified atom stereocenters. The van der Waals surface area contributed by atoms with Crippen LogP contribution in [-0.4, -0.2) is 52.1 Å². The minimum absolute atomic E-state index is 0.0629. The molecule has 1 amide bonds. The number of carbonyl (C=O) groups excluding carboxylic acids is 1. The van der Waals surface area contributed by atoms with Crippen LogP contribution in [0.4, 0.5) is 11.5 Å². The van der Waals surface area contributed by atoms with Crippen molar-refractivity contribution in [2.75, 3.05) is 31.1 Å². The van der Waals surface area contributed by atoms with Gasteiger partial charge >= 0.3 is 0 Å². The summed E-state index contributed by atoms with van der Waals surface area (Å²) in [5.74, 6) is 0.761. The maximum absolute atomic E-state index is 12.6. The molecule has 2 fully saturated rings. The number of nitro benzene ring substituents is 1. The van der Waals surface area contributed by atoms with Gasteiger partial charge in [0.25, 0.3) is 11.6 Å². The molecule has 0 bridgehead atoms. The van der Waals surface area contributed by atoms with Gasteiger partial charge in [0, 0.05) is 61.1 Å². The number of nitro groups is 1. The number of carbonyl (C=O) groups is 1. The minimum Gasteiger partial charge on any atom is -0.352 e. The molecular weight excluding hydrogens is 334 g/mol. The van der Waals surface area contributed by atoms with E-state index < -0.39 is 4.92 Å². The molecule has 1 aromatic carbocycles. The van der Waals surface area contributed by atoms with E-state index in [1.807, 2.05) is 0 Å². The summed E-state index contributed by atoms with van der Waals surface area (Å²) in [6.07, 6.45) is 2.39. The second-order valence-electron chi connectivity index (χ2n) is 7.29. The predicted octanol–water partition coefficient (Wildman–Crippen LogP) is 2.33. The van der Waals surface area contributed by atoms with Crippen molar-refractivity contribution < 1.29 is 9.72 Å². The van der Waals surface area contributed by atoms with Gasteiger partial charge < -0.3 is 9.80 Å². The zero-order valence-electron chi connectivity index (χ0n) is 14.6. The molecule has 0 spiro atoms. The number of nitrogens with one attached hydrogen (secondary N) is 1. The SMILES string of the molecule is CC1(c2cc(N3CCN(C(=O)c4cccc([N+](=O)[O-])c4)CC3)n[nH]2)CC1. The van der Waals surface area contributed by atoms with Gasteiger partial charge in [-0.15, -0.1) is 0 Å². The van der Waals surface area contributed by atoms with Crippen molar-refractivity contribution in [2.45, 2.75) is 25.2 Å². The molecule has 136 valence electrons. The maximum atomic E-state index is 12.6. The Bertz CT molecular complexity index is 850. The number of rotatable bonds is 4. The number of amides is 1. The van der Waals surface area contributed by atoms with Gasteiger partial charge in [0.15, 0.2) is 5.82 Å². The Morgan fingerprint density at radius 2 is 1.96 bits per heavy atom. The van der Waals surface area contributed by atoms with Crippen LogP contribution >= 0.6 is 0 Å². The van der Waals surface area contributed by atoms with Crippen LogP contribution < -0.4 is 4.90 Å². The van der Waals surface area contributed by atoms with Gasteiger partial charge in [-0.25, -0.2) is 0 Å². The molecule has 8 nitrogen and oxygen atoms in total. The summed E-state index contributed by atoms with van der Waals surface area (Å²) >= 11 is 0. The molecule has 1 saturated heterocycles. The number of hydrogen-bond donors (Lipinski definition) is 1. The molecule has 1 saturated carbocycles. The van der Waals surface area contributed by atoms with E-state index >= 15 is 0 Å². The number of non-ortho nitro benzene ring substituents is 1. The van der Waals surface area contributed by atoms with Crippen molar-refractivity contribution >= 4 is 17.4 Å². The van der Waals surface area contributed by atoms with Crippen molar-refractivity contribution in [3.05, 3.63) is 51.7 Å². The largest absolute Gasteiger partial charge is 0.352 e. The number of aromatic nitrogens is 2. The highest BCUT2D eigenvalue weighted by Gasteiger charge is 2.41. The third kappa shape index (κ3) is 3.02. The molecule has 0 radical (unpaired) electrons. The normalized spacial score (nSPS) is 18.7. The van der Waals surface area contributed by atoms with Gasteiger partial charge in [0.05, 0.1) is 4.92 Å². The van der Waals surface area contributed by atoms with Gasteiger partial charge in [0.1, 0.15) is 0 Å². The Balaban J connectivity index is 1.40. The van der Waals surface area contributed by atoms with E-state index in [4.69, 9.17) is 0 Å². The highest BCUT2D eigenvalue weighted by molar-refractivity contribution is 5.95. The number of aromatic amines is 1. The fourth-order valence-electron chi connectivity index (χ4n) is 3.31. The predicted molar refractivity (Wildman–Crippen MR) is 96.4 cm³/mol.